The number of nitrogens with one attached hydrogen (secondary N) is 1. The summed E-state index contributed by atoms with van der Waals surface area (Å²) in [6.45, 7) is 4.71. The summed E-state index contributed by atoms with van der Waals surface area (Å²) in [5.41, 5.74) is 0. The van der Waals surface area contributed by atoms with Crippen LogP contribution in [0.3, 0.4) is 0 Å². The molecular formula is C14H17Cl2NO4. The molecule has 1 aromatic rings. The van der Waals surface area contributed by atoms with E-state index in [1.807, 2.05) is 0 Å². The van der Waals surface area contributed by atoms with E-state index in [0.717, 1.165) is 0 Å². The summed E-state index contributed by atoms with van der Waals surface area (Å²) >= 11 is 11.7. The summed E-state index contributed by atoms with van der Waals surface area (Å²) in [6, 6.07) is 4.13. The molecule has 3 unspecified atom stereocenters. The molecule has 21 heavy (non-hydrogen) atoms. The molecule has 5 nitrogen and oxygen atoms in total. The normalized spacial score (nSPS) is 14.9. The maximum atomic E-state index is 12.0. The van der Waals surface area contributed by atoms with E-state index < -0.39 is 29.9 Å². The number of aliphatic carboxylic acids is 1. The summed E-state index contributed by atoms with van der Waals surface area (Å²) in [5, 5.41) is 12.3. The van der Waals surface area contributed by atoms with Crippen molar-refractivity contribution >= 4 is 35.1 Å². The van der Waals surface area contributed by atoms with Crippen LogP contribution >= 0.6 is 23.2 Å². The molecule has 1 rings (SSSR count). The number of carbonyl (C=O) groups is 2. The number of hydrogen-bond acceptors (Lipinski definition) is 3. The molecule has 3 atom stereocenters. The molecule has 1 amide bonds. The Balaban J connectivity index is 2.64. The highest BCUT2D eigenvalue weighted by Crippen LogP contribution is 2.24. The van der Waals surface area contributed by atoms with Crippen LogP contribution in [0.2, 0.25) is 10.0 Å². The van der Waals surface area contributed by atoms with Gasteiger partial charge in [0.2, 0.25) is 0 Å². The number of carboxylic acid groups (broad SMARTS) is 1. The van der Waals surface area contributed by atoms with E-state index in [9.17, 15) is 9.59 Å². The Bertz CT molecular complexity index is 515. The van der Waals surface area contributed by atoms with Crippen molar-refractivity contribution in [3.8, 4) is 5.75 Å². The SMILES string of the molecule is CC(Oc1cc(Cl)cc(Cl)c1)C(=O)NC(C)C(C)C(=O)O. The molecule has 0 saturated carbocycles. The first-order valence-corrected chi connectivity index (χ1v) is 7.12. The van der Waals surface area contributed by atoms with Crippen LogP contribution in [0.4, 0.5) is 0 Å². The van der Waals surface area contributed by atoms with Gasteiger partial charge in [0.15, 0.2) is 6.10 Å². The van der Waals surface area contributed by atoms with E-state index in [1.165, 1.54) is 6.92 Å². The maximum absolute atomic E-state index is 12.0. The van der Waals surface area contributed by atoms with Crippen LogP contribution in [0.25, 0.3) is 0 Å². The van der Waals surface area contributed by atoms with Crippen molar-refractivity contribution in [3.05, 3.63) is 28.2 Å². The van der Waals surface area contributed by atoms with Gasteiger partial charge in [-0.15, -0.1) is 0 Å². The Morgan fingerprint density at radius 2 is 1.67 bits per heavy atom. The number of amides is 1. The van der Waals surface area contributed by atoms with Gasteiger partial charge in [0.1, 0.15) is 5.75 Å². The number of carbonyl (C=O) groups excluding carboxylic acids is 1. The van der Waals surface area contributed by atoms with Gasteiger partial charge < -0.3 is 15.2 Å². The van der Waals surface area contributed by atoms with E-state index in [2.05, 4.69) is 5.32 Å². The number of carboxylic acids is 1. The first-order valence-electron chi connectivity index (χ1n) is 6.36. The van der Waals surface area contributed by atoms with Crippen molar-refractivity contribution in [1.82, 2.24) is 5.32 Å². The summed E-state index contributed by atoms with van der Waals surface area (Å²) in [5.74, 6) is -1.71. The van der Waals surface area contributed by atoms with Crippen molar-refractivity contribution in [2.75, 3.05) is 0 Å². The smallest absolute Gasteiger partial charge is 0.308 e. The lowest BCUT2D eigenvalue weighted by atomic mass is 10.0. The van der Waals surface area contributed by atoms with Crippen LogP contribution in [0.15, 0.2) is 18.2 Å². The summed E-state index contributed by atoms with van der Waals surface area (Å²) in [7, 11) is 0. The van der Waals surface area contributed by atoms with Crippen LogP contribution in [-0.2, 0) is 9.59 Å². The molecule has 0 bridgehead atoms. The van der Waals surface area contributed by atoms with Crippen molar-refractivity contribution in [1.29, 1.82) is 0 Å². The third-order valence-electron chi connectivity index (χ3n) is 3.03. The van der Waals surface area contributed by atoms with Gasteiger partial charge in [0.05, 0.1) is 5.92 Å². The van der Waals surface area contributed by atoms with Gasteiger partial charge >= 0.3 is 5.97 Å². The lowest BCUT2D eigenvalue weighted by molar-refractivity contribution is -0.142. The molecule has 1 aromatic carbocycles. The predicted molar refractivity (Wildman–Crippen MR) is 81.0 cm³/mol. The van der Waals surface area contributed by atoms with Crippen molar-refractivity contribution < 1.29 is 19.4 Å². The van der Waals surface area contributed by atoms with E-state index in [0.29, 0.717) is 15.8 Å². The fourth-order valence-corrected chi connectivity index (χ4v) is 2.04. The van der Waals surface area contributed by atoms with Crippen LogP contribution in [0.1, 0.15) is 20.8 Å². The second-order valence-electron chi connectivity index (χ2n) is 4.79. The highest BCUT2D eigenvalue weighted by Gasteiger charge is 2.24. The Hall–Kier alpha value is -1.46. The Morgan fingerprint density at radius 3 is 2.14 bits per heavy atom. The quantitative estimate of drug-likeness (QED) is 0.839. The van der Waals surface area contributed by atoms with Crippen LogP contribution in [0.5, 0.6) is 5.75 Å². The topological polar surface area (TPSA) is 75.6 Å². The molecule has 0 aliphatic heterocycles. The Morgan fingerprint density at radius 1 is 1.14 bits per heavy atom. The second-order valence-corrected chi connectivity index (χ2v) is 5.66. The third-order valence-corrected chi connectivity index (χ3v) is 3.46. The van der Waals surface area contributed by atoms with E-state index >= 15 is 0 Å². The summed E-state index contributed by atoms with van der Waals surface area (Å²) in [4.78, 5) is 22.8. The summed E-state index contributed by atoms with van der Waals surface area (Å²) < 4.78 is 5.45. The number of halogens is 2. The van der Waals surface area contributed by atoms with Gasteiger partial charge in [-0.2, -0.15) is 0 Å². The molecule has 7 heteroatoms. The fourth-order valence-electron chi connectivity index (χ4n) is 1.53. The van der Waals surface area contributed by atoms with Gasteiger partial charge in [-0.3, -0.25) is 9.59 Å². The largest absolute Gasteiger partial charge is 0.481 e. The molecule has 0 aromatic heterocycles. The molecule has 0 saturated heterocycles. The number of hydrogen-bond donors (Lipinski definition) is 2. The van der Waals surface area contributed by atoms with Crippen molar-refractivity contribution in [2.45, 2.75) is 32.9 Å². The fraction of sp³-hybridized carbons (Fsp3) is 0.429. The average molecular weight is 334 g/mol. The zero-order valence-electron chi connectivity index (χ0n) is 11.9. The monoisotopic (exact) mass is 333 g/mol. The van der Waals surface area contributed by atoms with Gasteiger partial charge in [-0.1, -0.05) is 23.2 Å². The minimum Gasteiger partial charge on any atom is -0.481 e. The van der Waals surface area contributed by atoms with Crippen LogP contribution < -0.4 is 10.1 Å². The van der Waals surface area contributed by atoms with Gasteiger partial charge in [-0.25, -0.2) is 0 Å². The molecule has 0 spiro atoms. The lowest BCUT2D eigenvalue weighted by Gasteiger charge is -2.21. The molecule has 116 valence electrons. The molecule has 0 aliphatic carbocycles. The molecule has 0 fully saturated rings. The first kappa shape index (κ1) is 17.6. The Kier molecular flexibility index (Phi) is 6.30. The second kappa shape index (κ2) is 7.52. The highest BCUT2D eigenvalue weighted by atomic mass is 35.5. The van der Waals surface area contributed by atoms with Crippen LogP contribution in [0, 0.1) is 5.92 Å². The van der Waals surface area contributed by atoms with E-state index in [-0.39, 0.29) is 0 Å². The molecule has 0 radical (unpaired) electrons. The number of ether oxygens (including phenoxy) is 1. The average Bonchev–Trinajstić information content (AvgIpc) is 2.35. The minimum atomic E-state index is -0.974. The first-order chi connectivity index (χ1) is 9.70. The number of benzene rings is 1. The lowest BCUT2D eigenvalue weighted by Crippen LogP contribution is -2.45. The maximum Gasteiger partial charge on any atom is 0.308 e. The van der Waals surface area contributed by atoms with Gasteiger partial charge in [0.25, 0.3) is 5.91 Å². The highest BCUT2D eigenvalue weighted by molar-refractivity contribution is 6.34. The van der Waals surface area contributed by atoms with Gasteiger partial charge in [0, 0.05) is 16.1 Å². The number of rotatable bonds is 6. The molecular weight excluding hydrogens is 317 g/mol. The molecule has 0 heterocycles. The third kappa shape index (κ3) is 5.44. The zero-order chi connectivity index (χ0) is 16.2. The van der Waals surface area contributed by atoms with Gasteiger partial charge in [-0.05, 0) is 39.0 Å². The van der Waals surface area contributed by atoms with Crippen LogP contribution in [-0.4, -0.2) is 29.1 Å². The summed E-state index contributed by atoms with van der Waals surface area (Å²) in [6.07, 6.45) is -0.803. The standard InChI is InChI=1S/C14H17Cl2NO4/c1-7(14(19)20)8(2)17-13(18)9(3)21-12-5-10(15)4-11(16)6-12/h4-9H,1-3H3,(H,17,18)(H,19,20). The van der Waals surface area contributed by atoms with Crippen molar-refractivity contribution in [2.24, 2.45) is 5.92 Å². The van der Waals surface area contributed by atoms with Crippen molar-refractivity contribution in [3.63, 3.8) is 0 Å². The molecule has 0 aliphatic rings. The predicted octanol–water partition coefficient (Wildman–Crippen LogP) is 2.99. The minimum absolute atomic E-state index is 0.370. The van der Waals surface area contributed by atoms with E-state index in [1.54, 1.807) is 32.0 Å². The zero-order valence-corrected chi connectivity index (χ0v) is 13.4. The molecule has 2 N–H and O–H groups in total. The Labute approximate surface area is 133 Å². The van der Waals surface area contributed by atoms with E-state index in [4.69, 9.17) is 33.0 Å².